The van der Waals surface area contributed by atoms with E-state index in [9.17, 15) is 4.39 Å². The summed E-state index contributed by atoms with van der Waals surface area (Å²) < 4.78 is 18.9. The summed E-state index contributed by atoms with van der Waals surface area (Å²) >= 11 is 0. The third-order valence-electron chi connectivity index (χ3n) is 3.22. The van der Waals surface area contributed by atoms with Crippen LogP contribution in [0.15, 0.2) is 18.2 Å². The lowest BCUT2D eigenvalue weighted by molar-refractivity contribution is 0.387. The summed E-state index contributed by atoms with van der Waals surface area (Å²) in [5, 5.41) is 4.19. The maximum atomic E-state index is 13.9. The van der Waals surface area contributed by atoms with Gasteiger partial charge in [0.1, 0.15) is 0 Å². The molecule has 0 radical (unpaired) electrons. The Labute approximate surface area is 119 Å². The number of methoxy groups -OCH3 is 1. The zero-order valence-corrected chi connectivity index (χ0v) is 12.7. The number of nitrogens with zero attached hydrogens (tertiary/aromatic N) is 1. The van der Waals surface area contributed by atoms with Gasteiger partial charge in [-0.15, -0.1) is 0 Å². The molecule has 3 nitrogen and oxygen atoms in total. The number of anilines is 1. The van der Waals surface area contributed by atoms with Crippen LogP contribution in [-0.2, 0) is 5.41 Å². The number of rotatable bonds is 3. The lowest BCUT2D eigenvalue weighted by Crippen LogP contribution is -2.14. The number of nitrogens with one attached hydrogen (secondary N) is 1. The van der Waals surface area contributed by atoms with Crippen molar-refractivity contribution >= 4 is 16.6 Å². The van der Waals surface area contributed by atoms with E-state index >= 15 is 0 Å². The van der Waals surface area contributed by atoms with Crippen LogP contribution in [0.5, 0.6) is 5.75 Å². The van der Waals surface area contributed by atoms with Gasteiger partial charge in [-0.2, -0.15) is 0 Å². The predicted molar refractivity (Wildman–Crippen MR) is 81.1 cm³/mol. The van der Waals surface area contributed by atoms with Crippen LogP contribution >= 0.6 is 0 Å². The molecule has 0 aliphatic heterocycles. The van der Waals surface area contributed by atoms with Crippen molar-refractivity contribution < 1.29 is 9.13 Å². The van der Waals surface area contributed by atoms with E-state index in [0.29, 0.717) is 5.52 Å². The van der Waals surface area contributed by atoms with Crippen LogP contribution in [0.4, 0.5) is 10.1 Å². The topological polar surface area (TPSA) is 34.2 Å². The molecule has 0 aliphatic rings. The minimum Gasteiger partial charge on any atom is -0.494 e. The molecule has 2 aromatic rings. The summed E-state index contributed by atoms with van der Waals surface area (Å²) in [5.74, 6) is -0.150. The van der Waals surface area contributed by atoms with Gasteiger partial charge in [-0.05, 0) is 19.1 Å². The number of ether oxygens (including phenoxy) is 1. The molecule has 0 amide bonds. The van der Waals surface area contributed by atoms with E-state index in [1.807, 2.05) is 13.0 Å². The van der Waals surface area contributed by atoms with Crippen LogP contribution < -0.4 is 10.1 Å². The van der Waals surface area contributed by atoms with Crippen LogP contribution in [0.1, 0.15) is 33.4 Å². The normalized spacial score (nSPS) is 11.7. The SMILES string of the molecule is CCNc1cc(C(C)(C)C)nc2cc(F)c(OC)cc12. The fourth-order valence-electron chi connectivity index (χ4n) is 2.10. The van der Waals surface area contributed by atoms with E-state index < -0.39 is 0 Å². The second kappa shape index (κ2) is 5.27. The van der Waals surface area contributed by atoms with Gasteiger partial charge in [-0.25, -0.2) is 4.39 Å². The smallest absolute Gasteiger partial charge is 0.167 e. The van der Waals surface area contributed by atoms with Crippen LogP contribution in [0, 0.1) is 5.82 Å². The number of hydrogen-bond donors (Lipinski definition) is 1. The van der Waals surface area contributed by atoms with Crippen molar-refractivity contribution in [2.24, 2.45) is 0 Å². The molecule has 1 N–H and O–H groups in total. The second-order valence-electron chi connectivity index (χ2n) is 5.84. The summed E-state index contributed by atoms with van der Waals surface area (Å²) in [6.45, 7) is 9.11. The van der Waals surface area contributed by atoms with Crippen molar-refractivity contribution in [3.05, 3.63) is 29.7 Å². The lowest BCUT2D eigenvalue weighted by atomic mass is 9.90. The first-order valence-corrected chi connectivity index (χ1v) is 6.79. The first kappa shape index (κ1) is 14.6. The summed E-state index contributed by atoms with van der Waals surface area (Å²) in [4.78, 5) is 4.59. The highest BCUT2D eigenvalue weighted by Gasteiger charge is 2.19. The highest BCUT2D eigenvalue weighted by atomic mass is 19.1. The van der Waals surface area contributed by atoms with Crippen molar-refractivity contribution in [3.8, 4) is 5.75 Å². The highest BCUT2D eigenvalue weighted by molar-refractivity contribution is 5.92. The molecule has 0 bridgehead atoms. The van der Waals surface area contributed by atoms with Gasteiger partial charge in [-0.1, -0.05) is 20.8 Å². The Bertz CT molecular complexity index is 632. The van der Waals surface area contributed by atoms with Gasteiger partial charge in [0.15, 0.2) is 11.6 Å². The predicted octanol–water partition coefficient (Wildman–Crippen LogP) is 4.11. The third kappa shape index (κ3) is 2.69. The van der Waals surface area contributed by atoms with Crippen molar-refractivity contribution in [3.63, 3.8) is 0 Å². The molecule has 0 spiro atoms. The van der Waals surface area contributed by atoms with Gasteiger partial charge in [0, 0.05) is 34.8 Å². The van der Waals surface area contributed by atoms with Crippen LogP contribution in [-0.4, -0.2) is 18.6 Å². The maximum absolute atomic E-state index is 13.9. The number of pyridine rings is 1. The number of fused-ring (bicyclic) bond motifs is 1. The number of aromatic nitrogens is 1. The van der Waals surface area contributed by atoms with E-state index in [2.05, 4.69) is 31.1 Å². The summed E-state index contributed by atoms with van der Waals surface area (Å²) in [5.41, 5.74) is 2.45. The van der Waals surface area contributed by atoms with Crippen molar-refractivity contribution in [2.45, 2.75) is 33.1 Å². The van der Waals surface area contributed by atoms with Gasteiger partial charge >= 0.3 is 0 Å². The fraction of sp³-hybridized carbons (Fsp3) is 0.438. The Morgan fingerprint density at radius 3 is 2.50 bits per heavy atom. The van der Waals surface area contributed by atoms with Gasteiger partial charge in [0.2, 0.25) is 0 Å². The van der Waals surface area contributed by atoms with E-state index in [4.69, 9.17) is 4.74 Å². The summed E-state index contributed by atoms with van der Waals surface area (Å²) in [6, 6.07) is 5.16. The van der Waals surface area contributed by atoms with Gasteiger partial charge in [-0.3, -0.25) is 4.98 Å². The van der Waals surface area contributed by atoms with E-state index in [1.165, 1.54) is 13.2 Å². The molecule has 0 fully saturated rings. The first-order valence-electron chi connectivity index (χ1n) is 6.79. The Kier molecular flexibility index (Phi) is 3.84. The lowest BCUT2D eigenvalue weighted by Gasteiger charge is -2.20. The standard InChI is InChI=1S/C16H21FN2O/c1-6-18-12-9-15(16(2,3)4)19-13-8-11(17)14(20-5)7-10(12)13/h7-9H,6H2,1-5H3,(H,18,19). The number of halogens is 1. The number of benzene rings is 1. The van der Waals surface area contributed by atoms with Crippen molar-refractivity contribution in [2.75, 3.05) is 19.0 Å². The average molecular weight is 276 g/mol. The Morgan fingerprint density at radius 1 is 1.25 bits per heavy atom. The molecule has 1 aromatic carbocycles. The molecule has 4 heteroatoms. The number of hydrogen-bond acceptors (Lipinski definition) is 3. The van der Waals surface area contributed by atoms with Crippen molar-refractivity contribution in [1.82, 2.24) is 4.98 Å². The average Bonchev–Trinajstić information content (AvgIpc) is 2.37. The molecule has 0 atom stereocenters. The Hall–Kier alpha value is -1.84. The van der Waals surface area contributed by atoms with Crippen LogP contribution in [0.3, 0.4) is 0 Å². The maximum Gasteiger partial charge on any atom is 0.167 e. The molecule has 0 unspecified atom stereocenters. The minimum absolute atomic E-state index is 0.0885. The van der Waals surface area contributed by atoms with Crippen molar-refractivity contribution in [1.29, 1.82) is 0 Å². The molecule has 1 aromatic heterocycles. The highest BCUT2D eigenvalue weighted by Crippen LogP contribution is 2.32. The van der Waals surface area contributed by atoms with E-state index in [1.54, 1.807) is 6.07 Å². The quantitative estimate of drug-likeness (QED) is 0.916. The van der Waals surface area contributed by atoms with E-state index in [-0.39, 0.29) is 17.0 Å². The molecule has 0 saturated heterocycles. The van der Waals surface area contributed by atoms with Crippen LogP contribution in [0.25, 0.3) is 10.9 Å². The van der Waals surface area contributed by atoms with Gasteiger partial charge < -0.3 is 10.1 Å². The molecular formula is C16H21FN2O. The third-order valence-corrected chi connectivity index (χ3v) is 3.22. The van der Waals surface area contributed by atoms with Crippen LogP contribution in [0.2, 0.25) is 0 Å². The summed E-state index contributed by atoms with van der Waals surface area (Å²) in [7, 11) is 1.47. The molecule has 1 heterocycles. The molecule has 20 heavy (non-hydrogen) atoms. The summed E-state index contributed by atoms with van der Waals surface area (Å²) in [6.07, 6.45) is 0. The Balaban J connectivity index is 2.74. The molecule has 2 rings (SSSR count). The fourth-order valence-corrected chi connectivity index (χ4v) is 2.10. The first-order chi connectivity index (χ1) is 9.36. The molecular weight excluding hydrogens is 255 g/mol. The van der Waals surface area contributed by atoms with Gasteiger partial charge in [0.05, 0.1) is 12.6 Å². The Morgan fingerprint density at radius 2 is 1.95 bits per heavy atom. The largest absolute Gasteiger partial charge is 0.494 e. The monoisotopic (exact) mass is 276 g/mol. The minimum atomic E-state index is -0.388. The second-order valence-corrected chi connectivity index (χ2v) is 5.84. The molecule has 0 aliphatic carbocycles. The molecule has 0 saturated carbocycles. The zero-order chi connectivity index (χ0) is 14.9. The van der Waals surface area contributed by atoms with E-state index in [0.717, 1.165) is 23.3 Å². The zero-order valence-electron chi connectivity index (χ0n) is 12.7. The van der Waals surface area contributed by atoms with Gasteiger partial charge in [0.25, 0.3) is 0 Å². The molecule has 108 valence electrons.